The summed E-state index contributed by atoms with van der Waals surface area (Å²) >= 11 is 0. The van der Waals surface area contributed by atoms with Gasteiger partial charge in [0.2, 0.25) is 0 Å². The van der Waals surface area contributed by atoms with Gasteiger partial charge in [-0.2, -0.15) is 12.7 Å². The summed E-state index contributed by atoms with van der Waals surface area (Å²) in [6.07, 6.45) is 5.65. The summed E-state index contributed by atoms with van der Waals surface area (Å²) in [7, 11) is -2.11. The lowest BCUT2D eigenvalue weighted by molar-refractivity contribution is -0.353. The Morgan fingerprint density at radius 2 is 1.84 bits per heavy atom. The highest BCUT2D eigenvalue weighted by Crippen LogP contribution is 2.29. The van der Waals surface area contributed by atoms with Crippen LogP contribution >= 0.6 is 0 Å². The van der Waals surface area contributed by atoms with Gasteiger partial charge in [0.25, 0.3) is 10.0 Å². The number of rotatable bonds is 9. The minimum absolute atomic E-state index is 0.0214. The molecule has 0 saturated carbocycles. The summed E-state index contributed by atoms with van der Waals surface area (Å²) in [6, 6.07) is 5.96. The first-order valence-corrected chi connectivity index (χ1v) is 12.3. The first kappa shape index (κ1) is 24.9. The number of benzene rings is 1. The number of H-pyrrole nitrogens is 1. The molecule has 0 aliphatic carbocycles. The van der Waals surface area contributed by atoms with E-state index in [1.165, 1.54) is 19.2 Å². The van der Waals surface area contributed by atoms with E-state index in [-0.39, 0.29) is 17.7 Å². The van der Waals surface area contributed by atoms with Crippen LogP contribution in [-0.2, 0) is 10.0 Å². The fourth-order valence-electron chi connectivity index (χ4n) is 3.13. The summed E-state index contributed by atoms with van der Waals surface area (Å²) in [6.45, 7) is 8.11. The molecule has 6 nitrogen and oxygen atoms in total. The van der Waals surface area contributed by atoms with Crippen LogP contribution in [0, 0.1) is 11.7 Å². The first-order chi connectivity index (χ1) is 14.4. The Balaban J connectivity index is 2.69. The lowest BCUT2D eigenvalue weighted by atomic mass is 9.96. The third-order valence-corrected chi connectivity index (χ3v) is 6.48. The van der Waals surface area contributed by atoms with Gasteiger partial charge in [-0.25, -0.2) is 9.37 Å². The maximum absolute atomic E-state index is 13.5. The molecular formula is C23H33FN3O3S+. The normalized spacial score (nSPS) is 14.2. The molecule has 1 aromatic carbocycles. The number of sulfonamides is 1. The number of aliphatic hydroxyl groups is 1. The molecule has 0 aliphatic heterocycles. The van der Waals surface area contributed by atoms with E-state index in [9.17, 15) is 17.9 Å². The molecule has 0 spiro atoms. The number of hydrogen-bond donors (Lipinski definition) is 1. The summed E-state index contributed by atoms with van der Waals surface area (Å²) in [5, 5.41) is 10.4. The molecule has 1 aromatic heterocycles. The van der Waals surface area contributed by atoms with Gasteiger partial charge in [-0.15, -0.1) is 0 Å². The van der Waals surface area contributed by atoms with Crippen molar-refractivity contribution < 1.29 is 22.9 Å². The number of aromatic amines is 1. The van der Waals surface area contributed by atoms with E-state index >= 15 is 0 Å². The van der Waals surface area contributed by atoms with Gasteiger partial charge in [-0.1, -0.05) is 45.2 Å². The maximum Gasteiger partial charge on any atom is 0.406 e. The zero-order valence-electron chi connectivity index (χ0n) is 19.1. The number of anilines is 1. The third kappa shape index (κ3) is 6.58. The molecule has 2 atom stereocenters. The summed E-state index contributed by atoms with van der Waals surface area (Å²) in [5.41, 5.74) is 2.70. The molecule has 2 rings (SSSR count). The van der Waals surface area contributed by atoms with Gasteiger partial charge in [0.1, 0.15) is 17.2 Å². The van der Waals surface area contributed by atoms with Gasteiger partial charge in [0, 0.05) is 11.5 Å². The number of halogens is 1. The van der Waals surface area contributed by atoms with E-state index in [1.807, 2.05) is 19.9 Å². The van der Waals surface area contributed by atoms with Crippen LogP contribution < -0.4 is 9.29 Å². The van der Waals surface area contributed by atoms with Crippen molar-refractivity contribution in [2.75, 3.05) is 17.6 Å². The van der Waals surface area contributed by atoms with Gasteiger partial charge in [0.05, 0.1) is 25.0 Å². The number of nitrogens with zero attached hydrogens (tertiary/aromatic N) is 2. The molecule has 0 saturated heterocycles. The topological polar surface area (TPSA) is 84.6 Å². The Bertz CT molecular complexity index is 1020. The quantitative estimate of drug-likeness (QED) is 0.625. The third-order valence-electron chi connectivity index (χ3n) is 5.31. The van der Waals surface area contributed by atoms with Crippen molar-refractivity contribution in [1.82, 2.24) is 4.98 Å². The number of aliphatic hydroxyl groups excluding tert-OH is 1. The van der Waals surface area contributed by atoms with Gasteiger partial charge in [0.15, 0.2) is 0 Å². The van der Waals surface area contributed by atoms with Crippen LogP contribution in [0.25, 0.3) is 17.3 Å². The van der Waals surface area contributed by atoms with E-state index < -0.39 is 16.1 Å². The van der Waals surface area contributed by atoms with Gasteiger partial charge >= 0.3 is 5.95 Å². The number of hydrogen-bond acceptors (Lipinski definition) is 4. The molecule has 0 bridgehead atoms. The highest BCUT2D eigenvalue weighted by atomic mass is 32.2. The molecule has 2 aromatic rings. The minimum atomic E-state index is -3.54. The lowest BCUT2D eigenvalue weighted by Gasteiger charge is -2.15. The van der Waals surface area contributed by atoms with E-state index in [1.54, 1.807) is 18.2 Å². The SMILES string of the molecule is CC[C@H](C)C[C@H](O)/C=C/c1c(C(C)C)nc(N(C)S(C)(=O)=O)[nH+]c1-c1ccc(F)cc1. The lowest BCUT2D eigenvalue weighted by Crippen LogP contribution is -2.33. The molecule has 1 heterocycles. The van der Waals surface area contributed by atoms with Crippen molar-refractivity contribution in [3.8, 4) is 11.3 Å². The molecule has 0 amide bonds. The molecule has 2 N–H and O–H groups in total. The van der Waals surface area contributed by atoms with Crippen LogP contribution in [0.4, 0.5) is 10.3 Å². The van der Waals surface area contributed by atoms with Gasteiger partial charge < -0.3 is 5.11 Å². The van der Waals surface area contributed by atoms with Crippen molar-refractivity contribution in [3.05, 3.63) is 47.4 Å². The monoisotopic (exact) mass is 450 g/mol. The first-order valence-electron chi connectivity index (χ1n) is 10.5. The Hall–Kier alpha value is -2.32. The van der Waals surface area contributed by atoms with Crippen LogP contribution in [0.5, 0.6) is 0 Å². The van der Waals surface area contributed by atoms with Crippen LogP contribution in [-0.4, -0.2) is 37.9 Å². The molecule has 0 aliphatic rings. The average molecular weight is 451 g/mol. The highest BCUT2D eigenvalue weighted by molar-refractivity contribution is 7.92. The van der Waals surface area contributed by atoms with Crippen LogP contribution in [0.3, 0.4) is 0 Å². The predicted molar refractivity (Wildman–Crippen MR) is 123 cm³/mol. The van der Waals surface area contributed by atoms with Gasteiger partial charge in [-0.05, 0) is 42.7 Å². The minimum Gasteiger partial charge on any atom is -0.389 e. The Morgan fingerprint density at radius 1 is 1.23 bits per heavy atom. The van der Waals surface area contributed by atoms with Crippen molar-refractivity contribution in [2.45, 2.75) is 52.6 Å². The predicted octanol–water partition coefficient (Wildman–Crippen LogP) is 4.03. The molecule has 0 radical (unpaired) electrons. The highest BCUT2D eigenvalue weighted by Gasteiger charge is 2.28. The van der Waals surface area contributed by atoms with Gasteiger partial charge in [-0.3, -0.25) is 0 Å². The molecule has 31 heavy (non-hydrogen) atoms. The van der Waals surface area contributed by atoms with Crippen molar-refractivity contribution in [3.63, 3.8) is 0 Å². The van der Waals surface area contributed by atoms with Crippen LogP contribution in [0.1, 0.15) is 57.7 Å². The summed E-state index contributed by atoms with van der Waals surface area (Å²) < 4.78 is 38.8. The summed E-state index contributed by atoms with van der Waals surface area (Å²) in [5.74, 6) is 0.169. The second-order valence-electron chi connectivity index (χ2n) is 8.30. The molecule has 8 heteroatoms. The van der Waals surface area contributed by atoms with E-state index in [0.717, 1.165) is 22.5 Å². The fourth-order valence-corrected chi connectivity index (χ4v) is 3.53. The zero-order valence-corrected chi connectivity index (χ0v) is 19.9. The van der Waals surface area contributed by atoms with E-state index in [0.29, 0.717) is 29.3 Å². The Labute approximate surface area is 184 Å². The van der Waals surface area contributed by atoms with E-state index in [2.05, 4.69) is 23.8 Å². The van der Waals surface area contributed by atoms with Crippen molar-refractivity contribution >= 4 is 22.0 Å². The maximum atomic E-state index is 13.5. The molecular weight excluding hydrogens is 417 g/mol. The smallest absolute Gasteiger partial charge is 0.389 e. The van der Waals surface area contributed by atoms with Crippen molar-refractivity contribution in [2.24, 2.45) is 5.92 Å². The zero-order chi connectivity index (χ0) is 23.3. The number of nitrogens with one attached hydrogen (secondary N) is 1. The van der Waals surface area contributed by atoms with Crippen molar-refractivity contribution in [1.29, 1.82) is 0 Å². The molecule has 0 fully saturated rings. The largest absolute Gasteiger partial charge is 0.406 e. The molecule has 0 unspecified atom stereocenters. The standard InChI is InChI=1S/C23H32FN3O3S/c1-7-16(4)14-19(28)12-13-20-21(15(2)3)25-23(27(5)31(6,29)30)26-22(20)17-8-10-18(24)11-9-17/h8-13,15-16,19,28H,7,14H2,1-6H3/p+1/b13-12+/t16-,19+/m0/s1. The second-order valence-corrected chi connectivity index (χ2v) is 10.3. The average Bonchev–Trinajstić information content (AvgIpc) is 2.70. The molecule has 170 valence electrons. The fraction of sp³-hybridized carbons (Fsp3) is 0.478. The second kappa shape index (κ2) is 10.3. The Morgan fingerprint density at radius 3 is 2.35 bits per heavy atom. The number of aromatic nitrogens is 2. The Kier molecular flexibility index (Phi) is 8.31. The van der Waals surface area contributed by atoms with Crippen LogP contribution in [0.2, 0.25) is 0 Å². The van der Waals surface area contributed by atoms with E-state index in [4.69, 9.17) is 0 Å². The van der Waals surface area contributed by atoms with Crippen LogP contribution in [0.15, 0.2) is 30.3 Å². The summed E-state index contributed by atoms with van der Waals surface area (Å²) in [4.78, 5) is 7.69.